The maximum atomic E-state index is 13.5. The van der Waals surface area contributed by atoms with Crippen molar-refractivity contribution >= 4 is 47.0 Å². The third-order valence-corrected chi connectivity index (χ3v) is 13.7. The quantitative estimate of drug-likeness (QED) is 0.186. The SMILES string of the molecule is CN(Cc1nc(N2CCN(CC3CN(CC4CCN(c5ccc(NC(=O)C6CCN(c7ccc(C#N)c(C(F)(F)F)c7)CC6)nc5)CC4)C3)CC2)ccc1C=O)C1CCC(=O)NC1=O. The van der Waals surface area contributed by atoms with Crippen molar-refractivity contribution in [2.75, 3.05) is 106 Å². The van der Waals surface area contributed by atoms with E-state index in [1.54, 1.807) is 6.07 Å². The molecular formula is C46H56F3N11O4. The molecule has 7 heterocycles. The van der Waals surface area contributed by atoms with E-state index in [-0.39, 0.29) is 23.6 Å². The van der Waals surface area contributed by atoms with E-state index in [1.165, 1.54) is 12.1 Å². The Kier molecular flexibility index (Phi) is 13.8. The highest BCUT2D eigenvalue weighted by Gasteiger charge is 2.36. The molecule has 18 heteroatoms. The number of carbonyl (C=O) groups is 4. The summed E-state index contributed by atoms with van der Waals surface area (Å²) >= 11 is 0. The second kappa shape index (κ2) is 19.6. The van der Waals surface area contributed by atoms with Crippen LogP contribution in [0.3, 0.4) is 0 Å². The van der Waals surface area contributed by atoms with Crippen molar-refractivity contribution in [2.45, 2.75) is 57.3 Å². The summed E-state index contributed by atoms with van der Waals surface area (Å²) in [5.74, 6) is 1.63. The smallest absolute Gasteiger partial charge is 0.371 e. The molecule has 0 bridgehead atoms. The highest BCUT2D eigenvalue weighted by atomic mass is 19.4. The van der Waals surface area contributed by atoms with Gasteiger partial charge < -0.3 is 24.9 Å². The number of aromatic nitrogens is 2. The van der Waals surface area contributed by atoms with Crippen LogP contribution in [0.4, 0.5) is 36.2 Å². The molecule has 1 unspecified atom stereocenters. The van der Waals surface area contributed by atoms with Crippen LogP contribution in [0.2, 0.25) is 0 Å². The number of pyridine rings is 2. The molecule has 2 N–H and O–H groups in total. The summed E-state index contributed by atoms with van der Waals surface area (Å²) in [4.78, 5) is 71.8. The maximum absolute atomic E-state index is 13.5. The summed E-state index contributed by atoms with van der Waals surface area (Å²) in [6.07, 6.45) is 1.94. The molecule has 5 aliphatic heterocycles. The predicted octanol–water partition coefficient (Wildman–Crippen LogP) is 4.24. The van der Waals surface area contributed by atoms with Gasteiger partial charge in [0.05, 0.1) is 40.8 Å². The minimum Gasteiger partial charge on any atom is -0.371 e. The van der Waals surface area contributed by atoms with Crippen molar-refractivity contribution in [1.82, 2.24) is 30.0 Å². The zero-order valence-electron chi connectivity index (χ0n) is 36.2. The van der Waals surface area contributed by atoms with Gasteiger partial charge in [-0.3, -0.25) is 34.3 Å². The van der Waals surface area contributed by atoms with Gasteiger partial charge >= 0.3 is 6.18 Å². The zero-order valence-corrected chi connectivity index (χ0v) is 36.2. The first kappa shape index (κ1) is 44.9. The largest absolute Gasteiger partial charge is 0.417 e. The van der Waals surface area contributed by atoms with Crippen LogP contribution < -0.4 is 25.3 Å². The number of rotatable bonds is 13. The van der Waals surface area contributed by atoms with E-state index in [9.17, 15) is 32.3 Å². The molecule has 5 fully saturated rings. The Labute approximate surface area is 371 Å². The first-order valence-corrected chi connectivity index (χ1v) is 22.4. The summed E-state index contributed by atoms with van der Waals surface area (Å²) in [7, 11) is 1.82. The molecule has 0 aliphatic carbocycles. The normalized spacial score (nSPS) is 21.1. The molecule has 3 aromatic rings. The first-order chi connectivity index (χ1) is 30.8. The number of anilines is 4. The van der Waals surface area contributed by atoms with Crippen LogP contribution in [0.25, 0.3) is 0 Å². The number of aldehydes is 1. The van der Waals surface area contributed by atoms with Crippen LogP contribution in [-0.4, -0.2) is 140 Å². The predicted molar refractivity (Wildman–Crippen MR) is 235 cm³/mol. The average molecular weight is 884 g/mol. The average Bonchev–Trinajstić information content (AvgIpc) is 3.28. The first-order valence-electron chi connectivity index (χ1n) is 22.4. The number of nitriles is 1. The lowest BCUT2D eigenvalue weighted by Crippen LogP contribution is -2.56. The van der Waals surface area contributed by atoms with Crippen molar-refractivity contribution in [3.05, 3.63) is 71.0 Å². The number of benzene rings is 1. The Morgan fingerprint density at radius 3 is 2.22 bits per heavy atom. The maximum Gasteiger partial charge on any atom is 0.417 e. The number of amides is 3. The molecule has 5 aliphatic rings. The molecule has 1 aromatic carbocycles. The Morgan fingerprint density at radius 2 is 1.56 bits per heavy atom. The number of likely N-dealkylation sites (N-methyl/N-ethyl adjacent to an activating group) is 1. The molecule has 8 rings (SSSR count). The molecule has 2 aromatic heterocycles. The molecule has 5 saturated heterocycles. The Morgan fingerprint density at radius 1 is 0.875 bits per heavy atom. The zero-order chi connectivity index (χ0) is 45.0. The number of halogens is 3. The van der Waals surface area contributed by atoms with E-state index in [0.717, 1.165) is 102 Å². The number of likely N-dealkylation sites (tertiary alicyclic amines) is 1. The molecule has 64 heavy (non-hydrogen) atoms. The Hall–Kier alpha value is -5.64. The van der Waals surface area contributed by atoms with Crippen molar-refractivity contribution in [2.24, 2.45) is 17.8 Å². The Bertz CT molecular complexity index is 2210. The number of alkyl halides is 3. The molecule has 0 spiro atoms. The Balaban J connectivity index is 0.712. The van der Waals surface area contributed by atoms with E-state index in [0.29, 0.717) is 79.9 Å². The van der Waals surface area contributed by atoms with Crippen LogP contribution in [-0.2, 0) is 27.1 Å². The van der Waals surface area contributed by atoms with Gasteiger partial charge in [-0.2, -0.15) is 18.4 Å². The van der Waals surface area contributed by atoms with Gasteiger partial charge in [0.1, 0.15) is 11.6 Å². The number of hydrogen-bond donors (Lipinski definition) is 2. The number of nitrogens with zero attached hydrogens (tertiary/aromatic N) is 9. The van der Waals surface area contributed by atoms with E-state index in [2.05, 4.69) is 35.2 Å². The molecule has 1 atom stereocenters. The minimum absolute atomic E-state index is 0.145. The molecule has 3 amide bonds. The number of piperazine rings is 1. The fraction of sp³-hybridized carbons (Fsp3) is 0.543. The van der Waals surface area contributed by atoms with Crippen LogP contribution in [0.5, 0.6) is 0 Å². The van der Waals surface area contributed by atoms with Crippen LogP contribution in [0, 0.1) is 29.1 Å². The third kappa shape index (κ3) is 10.6. The topological polar surface area (TPSA) is 161 Å². The van der Waals surface area contributed by atoms with Gasteiger partial charge in [-0.1, -0.05) is 0 Å². The van der Waals surface area contributed by atoms with E-state index < -0.39 is 23.3 Å². The van der Waals surface area contributed by atoms with E-state index >= 15 is 0 Å². The van der Waals surface area contributed by atoms with Gasteiger partial charge in [0, 0.05) is 109 Å². The summed E-state index contributed by atoms with van der Waals surface area (Å²) < 4.78 is 40.5. The van der Waals surface area contributed by atoms with Gasteiger partial charge in [-0.15, -0.1) is 0 Å². The lowest BCUT2D eigenvalue weighted by atomic mass is 9.92. The highest BCUT2D eigenvalue weighted by molar-refractivity contribution is 6.00. The standard InChI is InChI=1S/C46H56F3N11O4/c1-55(40-6-9-43(62)54-45(40)64)29-39-35(30-61)3-8-42(52-39)60-20-18-56(19-21-60)26-32-27-57(28-32)25-31-10-14-59(15-11-31)37-5-7-41(51-24-37)53-44(63)33-12-16-58(17-13-33)36-4-2-34(23-50)38(22-36)46(47,48)49/h2-5,7-8,22,24,30-33,40H,6,9-21,25-29H2,1H3,(H,51,53,63)(H,54,62,64). The fourth-order valence-electron chi connectivity index (χ4n) is 9.90. The molecule has 0 radical (unpaired) electrons. The summed E-state index contributed by atoms with van der Waals surface area (Å²) in [6, 6.07) is 12.5. The third-order valence-electron chi connectivity index (χ3n) is 13.7. The van der Waals surface area contributed by atoms with Gasteiger partial charge in [0.15, 0.2) is 6.29 Å². The van der Waals surface area contributed by atoms with Crippen molar-refractivity contribution in [3.8, 4) is 6.07 Å². The molecule has 15 nitrogen and oxygen atoms in total. The highest BCUT2D eigenvalue weighted by Crippen LogP contribution is 2.36. The number of imide groups is 1. The summed E-state index contributed by atoms with van der Waals surface area (Å²) in [6.45, 7) is 11.1. The second-order valence-corrected chi connectivity index (χ2v) is 18.0. The summed E-state index contributed by atoms with van der Waals surface area (Å²) in [5, 5.41) is 14.4. The number of nitrogens with one attached hydrogen (secondary N) is 2. The molecular weight excluding hydrogens is 828 g/mol. The van der Waals surface area contributed by atoms with Crippen LogP contribution in [0.1, 0.15) is 65.7 Å². The van der Waals surface area contributed by atoms with Gasteiger partial charge in [-0.25, -0.2) is 9.97 Å². The lowest BCUT2D eigenvalue weighted by Gasteiger charge is -2.45. The monoisotopic (exact) mass is 883 g/mol. The van der Waals surface area contributed by atoms with Crippen molar-refractivity contribution < 1.29 is 32.3 Å². The lowest BCUT2D eigenvalue weighted by molar-refractivity contribution is -0.138. The van der Waals surface area contributed by atoms with Crippen molar-refractivity contribution in [3.63, 3.8) is 0 Å². The van der Waals surface area contributed by atoms with Gasteiger partial charge in [-0.05, 0) is 93.5 Å². The number of piperidine rings is 3. The van der Waals surface area contributed by atoms with Crippen molar-refractivity contribution in [1.29, 1.82) is 5.26 Å². The van der Waals surface area contributed by atoms with Gasteiger partial charge in [0.25, 0.3) is 0 Å². The summed E-state index contributed by atoms with van der Waals surface area (Å²) in [5.41, 5.74) is 1.21. The number of hydrogen-bond acceptors (Lipinski definition) is 13. The van der Waals surface area contributed by atoms with E-state index in [4.69, 9.17) is 10.2 Å². The number of carbonyl (C=O) groups excluding carboxylic acids is 4. The van der Waals surface area contributed by atoms with Crippen LogP contribution in [0.15, 0.2) is 48.7 Å². The minimum atomic E-state index is -4.62. The van der Waals surface area contributed by atoms with Gasteiger partial charge in [0.2, 0.25) is 17.7 Å². The molecule has 0 saturated carbocycles. The molecule has 340 valence electrons. The fourth-order valence-corrected chi connectivity index (χ4v) is 9.90. The second-order valence-electron chi connectivity index (χ2n) is 18.0. The van der Waals surface area contributed by atoms with E-state index in [1.807, 2.05) is 47.3 Å². The van der Waals surface area contributed by atoms with Crippen LogP contribution >= 0.6 is 0 Å².